The van der Waals surface area contributed by atoms with E-state index in [-0.39, 0.29) is 5.25 Å². The van der Waals surface area contributed by atoms with Crippen molar-refractivity contribution in [3.63, 3.8) is 0 Å². The van der Waals surface area contributed by atoms with E-state index < -0.39 is 0 Å². The maximum absolute atomic E-state index is 6.23. The quantitative estimate of drug-likeness (QED) is 0.507. The lowest BCUT2D eigenvalue weighted by Gasteiger charge is -2.25. The van der Waals surface area contributed by atoms with Gasteiger partial charge in [0.2, 0.25) is 0 Å². The fourth-order valence-corrected chi connectivity index (χ4v) is 4.34. The van der Waals surface area contributed by atoms with Crippen LogP contribution in [0.1, 0.15) is 44.6 Å². The van der Waals surface area contributed by atoms with Crippen LogP contribution in [0.15, 0.2) is 40.4 Å². The van der Waals surface area contributed by atoms with Crippen LogP contribution < -0.4 is 5.73 Å². The Kier molecular flexibility index (Phi) is 5.60. The maximum Gasteiger partial charge on any atom is 0.123 e. The molecular formula is C18H26N4S. The zero-order chi connectivity index (χ0) is 16.1. The highest BCUT2D eigenvalue weighted by Gasteiger charge is 2.29. The predicted octanol–water partition coefficient (Wildman–Crippen LogP) is 3.83. The van der Waals surface area contributed by atoms with Crippen LogP contribution in [0.5, 0.6) is 0 Å². The molecule has 1 unspecified atom stereocenters. The van der Waals surface area contributed by atoms with Gasteiger partial charge in [0.05, 0.1) is 18.8 Å². The lowest BCUT2D eigenvalue weighted by molar-refractivity contribution is 0.299. The van der Waals surface area contributed by atoms with Gasteiger partial charge in [-0.25, -0.2) is 4.41 Å². The molecule has 5 heteroatoms. The van der Waals surface area contributed by atoms with Gasteiger partial charge in [-0.1, -0.05) is 49.6 Å². The second-order valence-corrected chi connectivity index (χ2v) is 7.60. The number of nitrogens with zero attached hydrogens (tertiary/aromatic N) is 3. The number of hydrogen-bond acceptors (Lipinski definition) is 4. The van der Waals surface area contributed by atoms with Crippen molar-refractivity contribution in [1.29, 1.82) is 0 Å². The molecule has 23 heavy (non-hydrogen) atoms. The molecule has 0 bridgehead atoms. The Labute approximate surface area is 143 Å². The van der Waals surface area contributed by atoms with Crippen LogP contribution in [0.2, 0.25) is 0 Å². The molecule has 1 atom stereocenters. The largest absolute Gasteiger partial charge is 0.386 e. The molecule has 0 aromatic heterocycles. The van der Waals surface area contributed by atoms with Crippen LogP contribution in [0, 0.1) is 5.92 Å². The molecule has 1 saturated carbocycles. The summed E-state index contributed by atoms with van der Waals surface area (Å²) in [4.78, 5) is 4.57. The van der Waals surface area contributed by atoms with Gasteiger partial charge in [0.25, 0.3) is 0 Å². The first-order chi connectivity index (χ1) is 11.2. The van der Waals surface area contributed by atoms with Crippen molar-refractivity contribution in [2.24, 2.45) is 21.7 Å². The van der Waals surface area contributed by atoms with E-state index in [0.29, 0.717) is 12.4 Å². The molecule has 0 amide bonds. The van der Waals surface area contributed by atoms with Crippen LogP contribution in [0.25, 0.3) is 0 Å². The number of amidine groups is 1. The van der Waals surface area contributed by atoms with Crippen LogP contribution in [-0.2, 0) is 6.54 Å². The Morgan fingerprint density at radius 1 is 1.26 bits per heavy atom. The van der Waals surface area contributed by atoms with E-state index in [1.165, 1.54) is 37.7 Å². The zero-order valence-corrected chi connectivity index (χ0v) is 14.6. The Bertz CT molecular complexity index is 564. The first kappa shape index (κ1) is 16.4. The third kappa shape index (κ3) is 4.50. The van der Waals surface area contributed by atoms with Crippen molar-refractivity contribution in [1.82, 2.24) is 4.41 Å². The summed E-state index contributed by atoms with van der Waals surface area (Å²) < 4.78 is 2.14. The second-order valence-electron chi connectivity index (χ2n) is 6.49. The van der Waals surface area contributed by atoms with E-state index in [1.54, 1.807) is 11.9 Å². The number of aliphatic imine (C=N–C) groups is 1. The molecule has 1 fully saturated rings. The third-order valence-electron chi connectivity index (χ3n) is 4.57. The minimum atomic E-state index is 0.0994. The third-order valence-corrected chi connectivity index (χ3v) is 5.84. The summed E-state index contributed by atoms with van der Waals surface area (Å²) in [6.45, 7) is 3.74. The van der Waals surface area contributed by atoms with Gasteiger partial charge in [-0.15, -0.1) is 0 Å². The van der Waals surface area contributed by atoms with Gasteiger partial charge < -0.3 is 5.73 Å². The zero-order valence-electron chi connectivity index (χ0n) is 13.8. The smallest absolute Gasteiger partial charge is 0.123 e. The minimum Gasteiger partial charge on any atom is -0.386 e. The Hall–Kier alpha value is -1.49. The first-order valence-electron chi connectivity index (χ1n) is 8.55. The van der Waals surface area contributed by atoms with Gasteiger partial charge in [-0.3, -0.25) is 4.99 Å². The fourth-order valence-electron chi connectivity index (χ4n) is 3.24. The monoisotopic (exact) mass is 330 g/mol. The molecule has 1 aliphatic heterocycles. The van der Waals surface area contributed by atoms with E-state index in [2.05, 4.69) is 28.5 Å². The van der Waals surface area contributed by atoms with E-state index in [4.69, 9.17) is 10.8 Å². The summed E-state index contributed by atoms with van der Waals surface area (Å²) in [5, 5.41) is 4.79. The minimum absolute atomic E-state index is 0.0994. The lowest BCUT2D eigenvalue weighted by atomic mass is 9.89. The summed E-state index contributed by atoms with van der Waals surface area (Å²) in [6.07, 6.45) is 6.82. The standard InChI is InChI=1S/C18H26N4S/c1-14-17(18(19)20-12-15-8-4-2-5-9-15)23-22(21-14)13-16-10-6-3-7-11-16/h2,4-5,8-9,16-17H,3,6-7,10-13H2,1H3,(H2,19,20). The SMILES string of the molecule is CC1=NN(CC2CCCCC2)SC1C(N)=NCc1ccccc1. The molecule has 2 N–H and O–H groups in total. The number of rotatable bonds is 5. The summed E-state index contributed by atoms with van der Waals surface area (Å²) in [5.74, 6) is 1.47. The van der Waals surface area contributed by atoms with Gasteiger partial charge >= 0.3 is 0 Å². The molecule has 0 spiro atoms. The van der Waals surface area contributed by atoms with Gasteiger partial charge in [0, 0.05) is 0 Å². The Morgan fingerprint density at radius 3 is 2.74 bits per heavy atom. The average Bonchev–Trinajstić information content (AvgIpc) is 2.95. The van der Waals surface area contributed by atoms with E-state index in [9.17, 15) is 0 Å². The molecule has 4 nitrogen and oxygen atoms in total. The normalized spacial score (nSPS) is 23.2. The molecule has 1 aliphatic carbocycles. The number of hydrazone groups is 1. The van der Waals surface area contributed by atoms with Crippen LogP contribution in [0.4, 0.5) is 0 Å². The molecule has 1 aromatic rings. The average molecular weight is 331 g/mol. The van der Waals surface area contributed by atoms with Crippen LogP contribution in [-0.4, -0.2) is 27.8 Å². The van der Waals surface area contributed by atoms with Crippen molar-refractivity contribution in [2.45, 2.75) is 50.8 Å². The molecule has 1 aromatic carbocycles. The van der Waals surface area contributed by atoms with Crippen molar-refractivity contribution >= 4 is 23.5 Å². The predicted molar refractivity (Wildman–Crippen MR) is 99.5 cm³/mol. The Morgan fingerprint density at radius 2 is 2.00 bits per heavy atom. The summed E-state index contributed by atoms with van der Waals surface area (Å²) in [6, 6.07) is 10.2. The summed E-state index contributed by atoms with van der Waals surface area (Å²) in [5.41, 5.74) is 8.49. The lowest BCUT2D eigenvalue weighted by Crippen LogP contribution is -2.31. The highest BCUT2D eigenvalue weighted by atomic mass is 32.2. The van der Waals surface area contributed by atoms with Gasteiger partial charge in [0.15, 0.2) is 0 Å². The summed E-state index contributed by atoms with van der Waals surface area (Å²) in [7, 11) is 0. The van der Waals surface area contributed by atoms with Gasteiger partial charge in [-0.2, -0.15) is 5.10 Å². The molecule has 0 saturated heterocycles. The van der Waals surface area contributed by atoms with Crippen LogP contribution >= 0.6 is 11.9 Å². The topological polar surface area (TPSA) is 54.0 Å². The molecule has 124 valence electrons. The molecule has 0 radical (unpaired) electrons. The fraction of sp³-hybridized carbons (Fsp3) is 0.556. The molecule has 3 rings (SSSR count). The highest BCUT2D eigenvalue weighted by Crippen LogP contribution is 2.31. The first-order valence-corrected chi connectivity index (χ1v) is 9.39. The highest BCUT2D eigenvalue weighted by molar-refractivity contribution is 7.99. The van der Waals surface area contributed by atoms with Crippen molar-refractivity contribution in [2.75, 3.05) is 6.54 Å². The van der Waals surface area contributed by atoms with Crippen molar-refractivity contribution in [3.8, 4) is 0 Å². The molecule has 2 aliphatic rings. The van der Waals surface area contributed by atoms with E-state index in [0.717, 1.165) is 18.2 Å². The maximum atomic E-state index is 6.23. The van der Waals surface area contributed by atoms with Gasteiger partial charge in [0.1, 0.15) is 11.1 Å². The van der Waals surface area contributed by atoms with Crippen molar-refractivity contribution in [3.05, 3.63) is 35.9 Å². The number of hydrogen-bond donors (Lipinski definition) is 1. The van der Waals surface area contributed by atoms with E-state index in [1.807, 2.05) is 18.2 Å². The van der Waals surface area contributed by atoms with Crippen LogP contribution in [0.3, 0.4) is 0 Å². The Balaban J connectivity index is 1.55. The van der Waals surface area contributed by atoms with Crippen molar-refractivity contribution < 1.29 is 0 Å². The second kappa shape index (κ2) is 7.86. The van der Waals surface area contributed by atoms with E-state index >= 15 is 0 Å². The number of benzene rings is 1. The molecule has 1 heterocycles. The summed E-state index contributed by atoms with van der Waals surface area (Å²) >= 11 is 1.73. The molecular weight excluding hydrogens is 304 g/mol. The number of nitrogens with two attached hydrogens (primary N) is 1. The van der Waals surface area contributed by atoms with Gasteiger partial charge in [-0.05, 0) is 43.2 Å².